The van der Waals surface area contributed by atoms with Crippen LogP contribution in [0.2, 0.25) is 0 Å². The van der Waals surface area contributed by atoms with E-state index in [1.165, 1.54) is 10.4 Å². The molecular formula is C9H15NS. The van der Waals surface area contributed by atoms with Gasteiger partial charge < -0.3 is 5.73 Å². The van der Waals surface area contributed by atoms with Gasteiger partial charge in [-0.25, -0.2) is 0 Å². The van der Waals surface area contributed by atoms with E-state index in [4.69, 9.17) is 5.73 Å². The Morgan fingerprint density at radius 1 is 1.45 bits per heavy atom. The molecular weight excluding hydrogens is 154 g/mol. The summed E-state index contributed by atoms with van der Waals surface area (Å²) in [7, 11) is 0. The van der Waals surface area contributed by atoms with E-state index in [-0.39, 0.29) is 6.04 Å². The van der Waals surface area contributed by atoms with Crippen LogP contribution in [0.1, 0.15) is 30.2 Å². The van der Waals surface area contributed by atoms with Crippen molar-refractivity contribution < 1.29 is 0 Å². The molecule has 0 spiro atoms. The monoisotopic (exact) mass is 169 g/mol. The SMILES string of the molecule is Cc1sccc1C(C)C(C)N. The van der Waals surface area contributed by atoms with Crippen molar-refractivity contribution in [1.29, 1.82) is 0 Å². The molecule has 62 valence electrons. The van der Waals surface area contributed by atoms with E-state index in [1.807, 2.05) is 0 Å². The minimum absolute atomic E-state index is 0.253. The lowest BCUT2D eigenvalue weighted by molar-refractivity contribution is 0.612. The van der Waals surface area contributed by atoms with E-state index in [2.05, 4.69) is 32.2 Å². The lowest BCUT2D eigenvalue weighted by Crippen LogP contribution is -2.22. The highest BCUT2D eigenvalue weighted by Gasteiger charge is 2.12. The molecule has 2 atom stereocenters. The van der Waals surface area contributed by atoms with Gasteiger partial charge in [-0.15, -0.1) is 11.3 Å². The van der Waals surface area contributed by atoms with Crippen molar-refractivity contribution in [2.75, 3.05) is 0 Å². The minimum atomic E-state index is 0.253. The van der Waals surface area contributed by atoms with E-state index in [0.717, 1.165) is 0 Å². The summed E-state index contributed by atoms with van der Waals surface area (Å²) in [5, 5.41) is 2.13. The standard InChI is InChI=1S/C9H15NS/c1-6(7(2)10)9-4-5-11-8(9)3/h4-7H,10H2,1-3H3. The third kappa shape index (κ3) is 1.82. The third-order valence-electron chi connectivity index (χ3n) is 2.18. The summed E-state index contributed by atoms with van der Waals surface area (Å²) in [4.78, 5) is 1.40. The number of nitrogens with two attached hydrogens (primary N) is 1. The second-order valence-electron chi connectivity index (χ2n) is 3.08. The molecule has 0 saturated heterocycles. The Morgan fingerprint density at radius 3 is 2.45 bits per heavy atom. The van der Waals surface area contributed by atoms with Crippen molar-refractivity contribution in [1.82, 2.24) is 0 Å². The molecule has 1 aromatic rings. The maximum atomic E-state index is 5.80. The second kappa shape index (κ2) is 3.37. The molecule has 1 heterocycles. The zero-order valence-corrected chi connectivity index (χ0v) is 8.11. The van der Waals surface area contributed by atoms with Crippen molar-refractivity contribution in [3.05, 3.63) is 21.9 Å². The predicted octanol–water partition coefficient (Wildman–Crippen LogP) is 2.51. The van der Waals surface area contributed by atoms with Crippen LogP contribution in [0.4, 0.5) is 0 Å². The fourth-order valence-corrected chi connectivity index (χ4v) is 1.96. The summed E-state index contributed by atoms with van der Waals surface area (Å²) >= 11 is 1.79. The zero-order valence-electron chi connectivity index (χ0n) is 7.29. The molecule has 0 amide bonds. The van der Waals surface area contributed by atoms with Crippen LogP contribution in [0.3, 0.4) is 0 Å². The fourth-order valence-electron chi connectivity index (χ4n) is 1.15. The Kier molecular flexibility index (Phi) is 2.68. The molecule has 2 unspecified atom stereocenters. The predicted molar refractivity (Wildman–Crippen MR) is 51.1 cm³/mol. The van der Waals surface area contributed by atoms with Crippen molar-refractivity contribution >= 4 is 11.3 Å². The van der Waals surface area contributed by atoms with E-state index in [1.54, 1.807) is 11.3 Å². The Bertz CT molecular complexity index is 227. The highest BCUT2D eigenvalue weighted by molar-refractivity contribution is 7.10. The van der Waals surface area contributed by atoms with Crippen molar-refractivity contribution in [3.8, 4) is 0 Å². The van der Waals surface area contributed by atoms with Crippen LogP contribution in [0.25, 0.3) is 0 Å². The third-order valence-corrected chi connectivity index (χ3v) is 3.04. The topological polar surface area (TPSA) is 26.0 Å². The molecule has 0 saturated carbocycles. The molecule has 0 aliphatic rings. The molecule has 0 fully saturated rings. The zero-order chi connectivity index (χ0) is 8.43. The summed E-state index contributed by atoms with van der Waals surface area (Å²) in [6.45, 7) is 6.39. The van der Waals surface area contributed by atoms with Gasteiger partial charge in [-0.1, -0.05) is 6.92 Å². The van der Waals surface area contributed by atoms with Gasteiger partial charge in [0.2, 0.25) is 0 Å². The van der Waals surface area contributed by atoms with Gasteiger partial charge in [0, 0.05) is 10.9 Å². The first-order valence-corrected chi connectivity index (χ1v) is 4.80. The first-order valence-electron chi connectivity index (χ1n) is 3.92. The number of hydrogen-bond donors (Lipinski definition) is 1. The first kappa shape index (κ1) is 8.75. The van der Waals surface area contributed by atoms with E-state index in [0.29, 0.717) is 5.92 Å². The fraction of sp³-hybridized carbons (Fsp3) is 0.556. The lowest BCUT2D eigenvalue weighted by Gasteiger charge is -2.14. The van der Waals surface area contributed by atoms with E-state index < -0.39 is 0 Å². The van der Waals surface area contributed by atoms with Gasteiger partial charge >= 0.3 is 0 Å². The lowest BCUT2D eigenvalue weighted by atomic mass is 9.96. The van der Waals surface area contributed by atoms with Gasteiger partial charge in [0.15, 0.2) is 0 Å². The Morgan fingerprint density at radius 2 is 2.09 bits per heavy atom. The molecule has 2 N–H and O–H groups in total. The molecule has 0 bridgehead atoms. The number of rotatable bonds is 2. The quantitative estimate of drug-likeness (QED) is 0.723. The van der Waals surface area contributed by atoms with Crippen LogP contribution in [0.5, 0.6) is 0 Å². The van der Waals surface area contributed by atoms with Gasteiger partial charge in [-0.2, -0.15) is 0 Å². The average Bonchev–Trinajstić information content (AvgIpc) is 2.33. The highest BCUT2D eigenvalue weighted by atomic mass is 32.1. The number of thiophene rings is 1. The molecule has 1 aromatic heterocycles. The molecule has 11 heavy (non-hydrogen) atoms. The largest absolute Gasteiger partial charge is 0.327 e. The van der Waals surface area contributed by atoms with Crippen LogP contribution < -0.4 is 5.73 Å². The second-order valence-corrected chi connectivity index (χ2v) is 4.20. The normalized spacial score (nSPS) is 16.4. The average molecular weight is 169 g/mol. The molecule has 1 rings (SSSR count). The first-order chi connectivity index (χ1) is 5.13. The van der Waals surface area contributed by atoms with Crippen LogP contribution in [0, 0.1) is 6.92 Å². The van der Waals surface area contributed by atoms with Crippen LogP contribution in [-0.4, -0.2) is 6.04 Å². The van der Waals surface area contributed by atoms with Crippen molar-refractivity contribution in [2.45, 2.75) is 32.7 Å². The molecule has 0 radical (unpaired) electrons. The summed E-state index contributed by atoms with van der Waals surface area (Å²) < 4.78 is 0. The molecule has 1 nitrogen and oxygen atoms in total. The van der Waals surface area contributed by atoms with Crippen molar-refractivity contribution in [3.63, 3.8) is 0 Å². The van der Waals surface area contributed by atoms with Gasteiger partial charge in [0.1, 0.15) is 0 Å². The van der Waals surface area contributed by atoms with Crippen LogP contribution in [-0.2, 0) is 0 Å². The van der Waals surface area contributed by atoms with E-state index in [9.17, 15) is 0 Å². The maximum absolute atomic E-state index is 5.80. The Hall–Kier alpha value is -0.340. The van der Waals surface area contributed by atoms with Crippen molar-refractivity contribution in [2.24, 2.45) is 5.73 Å². The Labute approximate surface area is 72.2 Å². The number of aryl methyl sites for hydroxylation is 1. The van der Waals surface area contributed by atoms with Gasteiger partial charge in [0.25, 0.3) is 0 Å². The number of hydrogen-bond acceptors (Lipinski definition) is 2. The molecule has 0 aliphatic heterocycles. The summed E-state index contributed by atoms with van der Waals surface area (Å²) in [5.41, 5.74) is 7.21. The maximum Gasteiger partial charge on any atom is 0.00770 e. The summed E-state index contributed by atoms with van der Waals surface area (Å²) in [6.07, 6.45) is 0. The molecule has 2 heteroatoms. The van der Waals surface area contributed by atoms with Gasteiger partial charge in [-0.3, -0.25) is 0 Å². The summed E-state index contributed by atoms with van der Waals surface area (Å²) in [6, 6.07) is 2.43. The van der Waals surface area contributed by atoms with Crippen LogP contribution in [0.15, 0.2) is 11.4 Å². The minimum Gasteiger partial charge on any atom is -0.327 e. The highest BCUT2D eigenvalue weighted by Crippen LogP contribution is 2.25. The van der Waals surface area contributed by atoms with E-state index >= 15 is 0 Å². The smallest absolute Gasteiger partial charge is 0.00770 e. The molecule has 0 aromatic carbocycles. The molecule has 0 aliphatic carbocycles. The summed E-state index contributed by atoms with van der Waals surface area (Å²) in [5.74, 6) is 0.487. The van der Waals surface area contributed by atoms with Crippen LogP contribution >= 0.6 is 11.3 Å². The van der Waals surface area contributed by atoms with Gasteiger partial charge in [-0.05, 0) is 36.8 Å². The Balaban J connectivity index is 2.84. The van der Waals surface area contributed by atoms with Gasteiger partial charge in [0.05, 0.1) is 0 Å².